The quantitative estimate of drug-likeness (QED) is 0.884. The van der Waals surface area contributed by atoms with Gasteiger partial charge in [-0.25, -0.2) is 0 Å². The molecular formula is C16H25NO2. The molecule has 1 rings (SSSR count). The van der Waals surface area contributed by atoms with Gasteiger partial charge in [0.2, 0.25) is 0 Å². The van der Waals surface area contributed by atoms with Crippen molar-refractivity contribution in [2.75, 3.05) is 0 Å². The summed E-state index contributed by atoms with van der Waals surface area (Å²) < 4.78 is 5.79. The van der Waals surface area contributed by atoms with Crippen LogP contribution in [0.5, 0.6) is 5.75 Å². The van der Waals surface area contributed by atoms with E-state index in [0.29, 0.717) is 5.92 Å². The summed E-state index contributed by atoms with van der Waals surface area (Å²) in [7, 11) is 0. The fraction of sp³-hybridized carbons (Fsp3) is 0.562. The van der Waals surface area contributed by atoms with Gasteiger partial charge in [-0.05, 0) is 50.8 Å². The Morgan fingerprint density at radius 1 is 1.16 bits per heavy atom. The molecule has 0 radical (unpaired) electrons. The number of carbonyl (C=O) groups is 1. The first kappa shape index (κ1) is 15.5. The summed E-state index contributed by atoms with van der Waals surface area (Å²) in [6.45, 7) is 11.9. The fourth-order valence-corrected chi connectivity index (χ4v) is 1.75. The Kier molecular flexibility index (Phi) is 5.40. The van der Waals surface area contributed by atoms with Gasteiger partial charge in [0.1, 0.15) is 5.75 Å². The van der Waals surface area contributed by atoms with Crippen LogP contribution in [0.4, 0.5) is 0 Å². The van der Waals surface area contributed by atoms with Crippen LogP contribution < -0.4 is 10.1 Å². The number of nitrogens with one attached hydrogen (secondary N) is 1. The Morgan fingerprint density at radius 3 is 2.32 bits per heavy atom. The molecule has 1 N–H and O–H groups in total. The van der Waals surface area contributed by atoms with Gasteiger partial charge < -0.3 is 10.1 Å². The lowest BCUT2D eigenvalue weighted by atomic mass is 10.0. The van der Waals surface area contributed by atoms with Gasteiger partial charge in [0.15, 0.2) is 6.10 Å². The van der Waals surface area contributed by atoms with Crippen LogP contribution in [-0.2, 0) is 4.79 Å². The molecule has 0 saturated carbocycles. The normalized spacial score (nSPS) is 12.6. The molecule has 3 nitrogen and oxygen atoms in total. The van der Waals surface area contributed by atoms with Gasteiger partial charge in [0, 0.05) is 6.04 Å². The predicted octanol–water partition coefficient (Wildman–Crippen LogP) is 3.41. The number of carbonyl (C=O) groups excluding carboxylic acids is 1. The van der Waals surface area contributed by atoms with E-state index in [-0.39, 0.29) is 11.9 Å². The van der Waals surface area contributed by atoms with E-state index in [1.54, 1.807) is 6.92 Å². The molecule has 1 aromatic rings. The van der Waals surface area contributed by atoms with E-state index in [0.717, 1.165) is 11.3 Å². The Morgan fingerprint density at radius 2 is 1.79 bits per heavy atom. The largest absolute Gasteiger partial charge is 0.481 e. The van der Waals surface area contributed by atoms with Crippen molar-refractivity contribution in [3.63, 3.8) is 0 Å². The van der Waals surface area contributed by atoms with Crippen LogP contribution in [-0.4, -0.2) is 18.1 Å². The summed E-state index contributed by atoms with van der Waals surface area (Å²) >= 11 is 0. The van der Waals surface area contributed by atoms with Crippen LogP contribution in [0.1, 0.15) is 51.7 Å². The van der Waals surface area contributed by atoms with Crippen molar-refractivity contribution in [3.8, 4) is 5.75 Å². The summed E-state index contributed by atoms with van der Waals surface area (Å²) in [6.07, 6.45) is -0.483. The summed E-state index contributed by atoms with van der Waals surface area (Å²) in [4.78, 5) is 11.9. The van der Waals surface area contributed by atoms with Crippen molar-refractivity contribution in [1.82, 2.24) is 5.32 Å². The molecule has 19 heavy (non-hydrogen) atoms. The Hall–Kier alpha value is -1.51. The third-order valence-corrected chi connectivity index (χ3v) is 2.98. The molecule has 0 heterocycles. The average molecular weight is 263 g/mol. The van der Waals surface area contributed by atoms with Crippen molar-refractivity contribution < 1.29 is 9.53 Å². The van der Waals surface area contributed by atoms with Crippen LogP contribution in [0.3, 0.4) is 0 Å². The van der Waals surface area contributed by atoms with Crippen LogP contribution in [0.2, 0.25) is 0 Å². The molecule has 3 heteroatoms. The molecular weight excluding hydrogens is 238 g/mol. The van der Waals surface area contributed by atoms with Crippen molar-refractivity contribution in [3.05, 3.63) is 29.3 Å². The number of hydrogen-bond donors (Lipinski definition) is 1. The Labute approximate surface area is 116 Å². The first-order chi connectivity index (χ1) is 8.81. The number of hydrogen-bond acceptors (Lipinski definition) is 2. The molecule has 1 atom stereocenters. The highest BCUT2D eigenvalue weighted by Gasteiger charge is 2.16. The zero-order valence-electron chi connectivity index (χ0n) is 12.8. The molecule has 1 amide bonds. The Bertz CT molecular complexity index is 438. The maximum absolute atomic E-state index is 11.9. The summed E-state index contributed by atoms with van der Waals surface area (Å²) in [6, 6.07) is 6.30. The number of amides is 1. The SMILES string of the molecule is Cc1ccc(C(C)C)cc1OC(C)C(=O)NC(C)C. The molecule has 0 fully saturated rings. The average Bonchev–Trinajstić information content (AvgIpc) is 2.30. The van der Waals surface area contributed by atoms with Crippen molar-refractivity contribution >= 4 is 5.91 Å². The van der Waals surface area contributed by atoms with E-state index >= 15 is 0 Å². The monoisotopic (exact) mass is 263 g/mol. The predicted molar refractivity (Wildman–Crippen MR) is 78.6 cm³/mol. The van der Waals surface area contributed by atoms with Crippen LogP contribution in [0.15, 0.2) is 18.2 Å². The molecule has 0 spiro atoms. The van der Waals surface area contributed by atoms with Gasteiger partial charge in [0.05, 0.1) is 0 Å². The number of aryl methyl sites for hydroxylation is 1. The third kappa shape index (κ3) is 4.58. The first-order valence-corrected chi connectivity index (χ1v) is 6.88. The van der Waals surface area contributed by atoms with Gasteiger partial charge in [-0.2, -0.15) is 0 Å². The van der Waals surface area contributed by atoms with Crippen LogP contribution in [0.25, 0.3) is 0 Å². The second kappa shape index (κ2) is 6.60. The second-order valence-corrected chi connectivity index (χ2v) is 5.60. The number of ether oxygens (including phenoxy) is 1. The summed E-state index contributed by atoms with van der Waals surface area (Å²) in [5, 5.41) is 2.86. The minimum Gasteiger partial charge on any atom is -0.481 e. The van der Waals surface area contributed by atoms with Crippen LogP contribution >= 0.6 is 0 Å². The number of benzene rings is 1. The van der Waals surface area contributed by atoms with Crippen molar-refractivity contribution in [2.24, 2.45) is 0 Å². The molecule has 0 bridgehead atoms. The molecule has 1 aromatic carbocycles. The fourth-order valence-electron chi connectivity index (χ4n) is 1.75. The summed E-state index contributed by atoms with van der Waals surface area (Å²) in [5.74, 6) is 1.16. The van der Waals surface area contributed by atoms with Gasteiger partial charge in [-0.15, -0.1) is 0 Å². The summed E-state index contributed by atoms with van der Waals surface area (Å²) in [5.41, 5.74) is 2.27. The van der Waals surface area contributed by atoms with Crippen molar-refractivity contribution in [2.45, 2.75) is 59.6 Å². The topological polar surface area (TPSA) is 38.3 Å². The minimum absolute atomic E-state index is 0.0793. The molecule has 0 aliphatic carbocycles. The maximum atomic E-state index is 11.9. The van der Waals surface area contributed by atoms with E-state index in [1.165, 1.54) is 5.56 Å². The zero-order chi connectivity index (χ0) is 14.6. The first-order valence-electron chi connectivity index (χ1n) is 6.88. The van der Waals surface area contributed by atoms with E-state index in [1.807, 2.05) is 32.9 Å². The maximum Gasteiger partial charge on any atom is 0.260 e. The smallest absolute Gasteiger partial charge is 0.260 e. The molecule has 0 aliphatic rings. The highest BCUT2D eigenvalue weighted by atomic mass is 16.5. The van der Waals surface area contributed by atoms with Gasteiger partial charge in [-0.3, -0.25) is 4.79 Å². The Balaban J connectivity index is 2.81. The molecule has 106 valence electrons. The second-order valence-electron chi connectivity index (χ2n) is 5.60. The highest BCUT2D eigenvalue weighted by Crippen LogP contribution is 2.25. The van der Waals surface area contributed by atoms with E-state index < -0.39 is 6.10 Å². The lowest BCUT2D eigenvalue weighted by molar-refractivity contribution is -0.127. The number of rotatable bonds is 5. The van der Waals surface area contributed by atoms with Gasteiger partial charge >= 0.3 is 0 Å². The standard InChI is InChI=1S/C16H25NO2/c1-10(2)14-8-7-12(5)15(9-14)19-13(6)16(18)17-11(3)4/h7-11,13H,1-6H3,(H,17,18). The zero-order valence-corrected chi connectivity index (χ0v) is 12.8. The van der Waals surface area contributed by atoms with E-state index in [4.69, 9.17) is 4.74 Å². The molecule has 0 saturated heterocycles. The molecule has 1 unspecified atom stereocenters. The third-order valence-electron chi connectivity index (χ3n) is 2.98. The molecule has 0 aliphatic heterocycles. The van der Waals surface area contributed by atoms with Crippen molar-refractivity contribution in [1.29, 1.82) is 0 Å². The van der Waals surface area contributed by atoms with Gasteiger partial charge in [-0.1, -0.05) is 26.0 Å². The molecule has 0 aromatic heterocycles. The lowest BCUT2D eigenvalue weighted by Gasteiger charge is -2.19. The van der Waals surface area contributed by atoms with E-state index in [9.17, 15) is 4.79 Å². The van der Waals surface area contributed by atoms with Gasteiger partial charge in [0.25, 0.3) is 5.91 Å². The minimum atomic E-state index is -0.483. The van der Waals surface area contributed by atoms with E-state index in [2.05, 4.69) is 25.2 Å². The lowest BCUT2D eigenvalue weighted by Crippen LogP contribution is -2.40. The van der Waals surface area contributed by atoms with Crippen LogP contribution in [0, 0.1) is 6.92 Å². The highest BCUT2D eigenvalue weighted by molar-refractivity contribution is 5.80.